The molecular weight excluding hydrogens is 342 g/mol. The number of methoxy groups -OCH3 is 1. The Morgan fingerprint density at radius 1 is 1.07 bits per heavy atom. The molecule has 0 spiro atoms. The highest BCUT2D eigenvalue weighted by Gasteiger charge is 2.10. The van der Waals surface area contributed by atoms with Crippen molar-refractivity contribution in [3.05, 3.63) is 66.2 Å². The number of para-hydroxylation sites is 2. The third kappa shape index (κ3) is 4.17. The molecular formula is C21H21N3O3. The molecule has 27 heavy (non-hydrogen) atoms. The summed E-state index contributed by atoms with van der Waals surface area (Å²) in [5.41, 5.74) is 4.32. The Morgan fingerprint density at radius 2 is 1.81 bits per heavy atom. The van der Waals surface area contributed by atoms with Crippen LogP contribution < -0.4 is 15.5 Å². The summed E-state index contributed by atoms with van der Waals surface area (Å²) in [6, 6.07) is 18.6. The van der Waals surface area contributed by atoms with E-state index in [1.165, 1.54) is 0 Å². The number of hydrazone groups is 1. The number of phenolic OH excluding ortho intramolecular Hbond substituents is 1. The van der Waals surface area contributed by atoms with Crippen LogP contribution in [-0.2, 0) is 4.79 Å². The predicted molar refractivity (Wildman–Crippen MR) is 107 cm³/mol. The van der Waals surface area contributed by atoms with Crippen LogP contribution in [0, 0.1) is 0 Å². The highest BCUT2D eigenvalue weighted by atomic mass is 16.5. The van der Waals surface area contributed by atoms with Gasteiger partial charge in [0.25, 0.3) is 5.91 Å². The summed E-state index contributed by atoms with van der Waals surface area (Å²) in [6.07, 6.45) is 0. The maximum atomic E-state index is 12.1. The van der Waals surface area contributed by atoms with Gasteiger partial charge in [-0.2, -0.15) is 5.10 Å². The van der Waals surface area contributed by atoms with Crippen molar-refractivity contribution in [2.45, 2.75) is 6.92 Å². The van der Waals surface area contributed by atoms with Gasteiger partial charge >= 0.3 is 0 Å². The first-order valence-electron chi connectivity index (χ1n) is 8.51. The van der Waals surface area contributed by atoms with Crippen molar-refractivity contribution in [2.75, 3.05) is 19.0 Å². The first kappa shape index (κ1) is 18.3. The summed E-state index contributed by atoms with van der Waals surface area (Å²) in [5, 5.41) is 19.3. The number of hydrogen-bond donors (Lipinski definition) is 3. The second-order valence-electron chi connectivity index (χ2n) is 5.97. The van der Waals surface area contributed by atoms with Gasteiger partial charge in [-0.15, -0.1) is 0 Å². The number of hydrogen-bond acceptors (Lipinski definition) is 5. The molecule has 6 nitrogen and oxygen atoms in total. The molecule has 0 aromatic heterocycles. The molecule has 0 saturated heterocycles. The van der Waals surface area contributed by atoms with Crippen molar-refractivity contribution in [1.29, 1.82) is 0 Å². The number of benzene rings is 3. The zero-order valence-electron chi connectivity index (χ0n) is 15.2. The molecule has 0 bridgehead atoms. The minimum Gasteiger partial charge on any atom is -0.507 e. The Kier molecular flexibility index (Phi) is 5.56. The third-order valence-electron chi connectivity index (χ3n) is 4.19. The highest BCUT2D eigenvalue weighted by molar-refractivity contribution is 6.06. The fraction of sp³-hybridized carbons (Fsp3) is 0.143. The molecule has 0 aliphatic carbocycles. The molecule has 0 aliphatic heterocycles. The monoisotopic (exact) mass is 363 g/mol. The normalized spacial score (nSPS) is 11.3. The van der Waals surface area contributed by atoms with Gasteiger partial charge in [0.1, 0.15) is 11.5 Å². The van der Waals surface area contributed by atoms with Crippen LogP contribution in [0.2, 0.25) is 0 Å². The van der Waals surface area contributed by atoms with Crippen molar-refractivity contribution < 1.29 is 14.6 Å². The minimum absolute atomic E-state index is 0.0425. The lowest BCUT2D eigenvalue weighted by Crippen LogP contribution is -2.26. The van der Waals surface area contributed by atoms with Gasteiger partial charge in [-0.05, 0) is 30.5 Å². The Balaban J connectivity index is 1.67. The van der Waals surface area contributed by atoms with Gasteiger partial charge < -0.3 is 15.2 Å². The van der Waals surface area contributed by atoms with Gasteiger partial charge in [0.05, 0.1) is 25.1 Å². The number of carbonyl (C=O) groups excluding carboxylic acids is 1. The number of ether oxygens (including phenoxy) is 1. The van der Waals surface area contributed by atoms with E-state index in [4.69, 9.17) is 4.74 Å². The fourth-order valence-corrected chi connectivity index (χ4v) is 2.76. The number of phenols is 1. The van der Waals surface area contributed by atoms with Crippen LogP contribution in [0.15, 0.2) is 65.8 Å². The van der Waals surface area contributed by atoms with Gasteiger partial charge in [0.15, 0.2) is 0 Å². The first-order chi connectivity index (χ1) is 13.1. The molecule has 1 amide bonds. The summed E-state index contributed by atoms with van der Waals surface area (Å²) in [4.78, 5) is 12.1. The van der Waals surface area contributed by atoms with E-state index in [-0.39, 0.29) is 18.2 Å². The maximum absolute atomic E-state index is 12.1. The maximum Gasteiger partial charge on any atom is 0.259 e. The van der Waals surface area contributed by atoms with E-state index in [0.29, 0.717) is 17.0 Å². The molecule has 0 aliphatic rings. The average molecular weight is 363 g/mol. The lowest BCUT2D eigenvalue weighted by molar-refractivity contribution is -0.119. The molecule has 3 rings (SSSR count). The molecule has 0 radical (unpaired) electrons. The number of nitrogens with one attached hydrogen (secondary N) is 2. The molecule has 3 N–H and O–H groups in total. The SMILES string of the molecule is COc1ccccc1NCC(=O)N/N=C(\C)c1ccc2ccccc2c1O. The fourth-order valence-electron chi connectivity index (χ4n) is 2.76. The van der Waals surface area contributed by atoms with Gasteiger partial charge in [0, 0.05) is 10.9 Å². The van der Waals surface area contributed by atoms with E-state index >= 15 is 0 Å². The van der Waals surface area contributed by atoms with Crippen LogP contribution in [0.4, 0.5) is 5.69 Å². The Bertz CT molecular complexity index is 999. The number of nitrogens with zero attached hydrogens (tertiary/aromatic N) is 1. The minimum atomic E-state index is -0.305. The Labute approximate surface area is 157 Å². The van der Waals surface area contributed by atoms with Gasteiger partial charge in [-0.25, -0.2) is 5.43 Å². The lowest BCUT2D eigenvalue weighted by atomic mass is 10.0. The predicted octanol–water partition coefficient (Wildman–Crippen LogP) is 3.51. The number of rotatable bonds is 6. The smallest absolute Gasteiger partial charge is 0.259 e. The topological polar surface area (TPSA) is 83.0 Å². The standard InChI is InChI=1S/C21H21N3O3/c1-14(16-12-11-15-7-3-4-8-17(15)21(16)26)23-24-20(25)13-22-18-9-5-6-10-19(18)27-2/h3-12,22,26H,13H2,1-2H3,(H,24,25)/b23-14+. The number of carbonyl (C=O) groups is 1. The number of fused-ring (bicyclic) bond motifs is 1. The number of anilines is 1. The summed E-state index contributed by atoms with van der Waals surface area (Å²) >= 11 is 0. The summed E-state index contributed by atoms with van der Waals surface area (Å²) in [6.45, 7) is 1.78. The van der Waals surface area contributed by atoms with E-state index < -0.39 is 0 Å². The van der Waals surface area contributed by atoms with Crippen molar-refractivity contribution >= 4 is 28.1 Å². The zero-order chi connectivity index (χ0) is 19.2. The largest absolute Gasteiger partial charge is 0.507 e. The van der Waals surface area contributed by atoms with Gasteiger partial charge in [-0.3, -0.25) is 4.79 Å². The molecule has 3 aromatic carbocycles. The zero-order valence-corrected chi connectivity index (χ0v) is 15.2. The Morgan fingerprint density at radius 3 is 2.63 bits per heavy atom. The molecule has 0 heterocycles. The van der Waals surface area contributed by atoms with Crippen LogP contribution in [0.3, 0.4) is 0 Å². The highest BCUT2D eigenvalue weighted by Crippen LogP contribution is 2.28. The summed E-state index contributed by atoms with van der Waals surface area (Å²) in [7, 11) is 1.57. The van der Waals surface area contributed by atoms with Crippen LogP contribution in [-0.4, -0.2) is 30.4 Å². The molecule has 0 fully saturated rings. The lowest BCUT2D eigenvalue weighted by Gasteiger charge is -2.10. The van der Waals surface area contributed by atoms with E-state index in [2.05, 4.69) is 15.8 Å². The number of aromatic hydroxyl groups is 1. The first-order valence-corrected chi connectivity index (χ1v) is 8.51. The second kappa shape index (κ2) is 8.23. The van der Waals surface area contributed by atoms with Crippen molar-refractivity contribution in [3.63, 3.8) is 0 Å². The van der Waals surface area contributed by atoms with Crippen LogP contribution in [0.25, 0.3) is 10.8 Å². The van der Waals surface area contributed by atoms with E-state index in [0.717, 1.165) is 16.5 Å². The van der Waals surface area contributed by atoms with Crippen molar-refractivity contribution in [2.24, 2.45) is 5.10 Å². The van der Waals surface area contributed by atoms with E-state index in [9.17, 15) is 9.90 Å². The van der Waals surface area contributed by atoms with Crippen LogP contribution >= 0.6 is 0 Å². The quantitative estimate of drug-likeness (QED) is 0.462. The second-order valence-corrected chi connectivity index (χ2v) is 5.97. The summed E-state index contributed by atoms with van der Waals surface area (Å²) < 4.78 is 5.23. The van der Waals surface area contributed by atoms with Crippen molar-refractivity contribution in [3.8, 4) is 11.5 Å². The molecule has 3 aromatic rings. The van der Waals surface area contributed by atoms with Gasteiger partial charge in [0.2, 0.25) is 0 Å². The number of amides is 1. The van der Waals surface area contributed by atoms with E-state index in [1.54, 1.807) is 20.1 Å². The van der Waals surface area contributed by atoms with Gasteiger partial charge in [-0.1, -0.05) is 42.5 Å². The molecule has 0 saturated carbocycles. The molecule has 0 unspecified atom stereocenters. The van der Waals surface area contributed by atoms with E-state index in [1.807, 2.05) is 54.6 Å². The van der Waals surface area contributed by atoms with Crippen LogP contribution in [0.1, 0.15) is 12.5 Å². The average Bonchev–Trinajstić information content (AvgIpc) is 2.71. The van der Waals surface area contributed by atoms with Crippen molar-refractivity contribution in [1.82, 2.24) is 5.43 Å². The molecule has 6 heteroatoms. The summed E-state index contributed by atoms with van der Waals surface area (Å²) in [5.74, 6) is 0.502. The molecule has 0 atom stereocenters. The third-order valence-corrected chi connectivity index (χ3v) is 4.19. The molecule has 138 valence electrons. The Hall–Kier alpha value is -3.54. The van der Waals surface area contributed by atoms with Crippen LogP contribution in [0.5, 0.6) is 11.5 Å².